The Balaban J connectivity index is 2.96. The Labute approximate surface area is 93.8 Å². The highest BCUT2D eigenvalue weighted by Crippen LogP contribution is 2.23. The number of carbonyl (C=O) groups excluding carboxylic acids is 1. The fraction of sp³-hybridized carbons (Fsp3) is 0.222. The number of hydrogen-bond acceptors (Lipinski definition) is 2. The van der Waals surface area contributed by atoms with Crippen LogP contribution < -0.4 is 11.1 Å². The zero-order valence-electron chi connectivity index (χ0n) is 7.85. The molecule has 3 nitrogen and oxygen atoms in total. The van der Waals surface area contributed by atoms with Gasteiger partial charge in [0.2, 0.25) is 5.91 Å². The van der Waals surface area contributed by atoms with Gasteiger partial charge in [-0.15, -0.1) is 0 Å². The van der Waals surface area contributed by atoms with Crippen LogP contribution in [0.1, 0.15) is 6.92 Å². The Kier molecular flexibility index (Phi) is 3.76. The van der Waals surface area contributed by atoms with Crippen molar-refractivity contribution >= 4 is 27.5 Å². The molecule has 6 heteroatoms. The van der Waals surface area contributed by atoms with Gasteiger partial charge in [-0.1, -0.05) is 0 Å². The molecule has 0 aliphatic rings. The lowest BCUT2D eigenvalue weighted by Gasteiger charge is -2.09. The number of carbonyl (C=O) groups is 1. The number of amides is 1. The van der Waals surface area contributed by atoms with Crippen molar-refractivity contribution in [1.29, 1.82) is 0 Å². The first-order valence-electron chi connectivity index (χ1n) is 4.13. The Bertz CT molecular complexity index is 396. The van der Waals surface area contributed by atoms with Crippen molar-refractivity contribution in [2.45, 2.75) is 13.0 Å². The van der Waals surface area contributed by atoms with Gasteiger partial charge in [0.25, 0.3) is 0 Å². The van der Waals surface area contributed by atoms with E-state index in [2.05, 4.69) is 21.2 Å². The van der Waals surface area contributed by atoms with E-state index in [9.17, 15) is 13.6 Å². The standard InChI is InChI=1S/C9H9BrF2N2O/c1-4(13)9(15)14-8-3-6(11)5(10)2-7(8)12/h2-4H,13H2,1H3,(H,14,15)/t4-/m0/s1. The normalized spacial score (nSPS) is 12.3. The lowest BCUT2D eigenvalue weighted by molar-refractivity contribution is -0.117. The van der Waals surface area contributed by atoms with E-state index in [1.807, 2.05) is 0 Å². The monoisotopic (exact) mass is 278 g/mol. The average Bonchev–Trinajstić information content (AvgIpc) is 2.13. The number of rotatable bonds is 2. The van der Waals surface area contributed by atoms with E-state index in [1.54, 1.807) is 0 Å². The molecule has 0 aliphatic carbocycles. The van der Waals surface area contributed by atoms with Gasteiger partial charge >= 0.3 is 0 Å². The number of anilines is 1. The van der Waals surface area contributed by atoms with Crippen LogP contribution in [0.4, 0.5) is 14.5 Å². The summed E-state index contributed by atoms with van der Waals surface area (Å²) in [6.07, 6.45) is 0. The molecule has 0 unspecified atom stereocenters. The highest BCUT2D eigenvalue weighted by atomic mass is 79.9. The minimum Gasteiger partial charge on any atom is -0.322 e. The fourth-order valence-electron chi connectivity index (χ4n) is 0.865. The zero-order valence-corrected chi connectivity index (χ0v) is 9.44. The number of nitrogens with two attached hydrogens (primary N) is 1. The molecule has 1 atom stereocenters. The first kappa shape index (κ1) is 12.1. The largest absolute Gasteiger partial charge is 0.322 e. The second kappa shape index (κ2) is 4.67. The molecule has 1 aromatic rings. The van der Waals surface area contributed by atoms with Gasteiger partial charge in [0.05, 0.1) is 16.2 Å². The maximum atomic E-state index is 13.2. The molecule has 0 bridgehead atoms. The second-order valence-corrected chi connectivity index (χ2v) is 3.88. The molecule has 3 N–H and O–H groups in total. The molecule has 15 heavy (non-hydrogen) atoms. The summed E-state index contributed by atoms with van der Waals surface area (Å²) in [7, 11) is 0. The summed E-state index contributed by atoms with van der Waals surface area (Å²) in [6.45, 7) is 1.45. The quantitative estimate of drug-likeness (QED) is 0.814. The minimum atomic E-state index is -0.781. The van der Waals surface area contributed by atoms with Crippen LogP contribution in [0.15, 0.2) is 16.6 Å². The van der Waals surface area contributed by atoms with Crippen molar-refractivity contribution in [1.82, 2.24) is 0 Å². The molecule has 1 rings (SSSR count). The van der Waals surface area contributed by atoms with E-state index in [-0.39, 0.29) is 10.2 Å². The Morgan fingerprint density at radius 1 is 1.47 bits per heavy atom. The van der Waals surface area contributed by atoms with Crippen LogP contribution in [0.25, 0.3) is 0 Å². The van der Waals surface area contributed by atoms with Gasteiger partial charge < -0.3 is 11.1 Å². The second-order valence-electron chi connectivity index (χ2n) is 3.02. The third-order valence-electron chi connectivity index (χ3n) is 1.68. The van der Waals surface area contributed by atoms with Crippen molar-refractivity contribution in [2.75, 3.05) is 5.32 Å². The van der Waals surface area contributed by atoms with Gasteiger partial charge in [0.1, 0.15) is 11.6 Å². The van der Waals surface area contributed by atoms with E-state index < -0.39 is 23.6 Å². The number of benzene rings is 1. The van der Waals surface area contributed by atoms with Crippen LogP contribution in [-0.4, -0.2) is 11.9 Å². The lowest BCUT2D eigenvalue weighted by atomic mass is 10.2. The van der Waals surface area contributed by atoms with E-state index in [1.165, 1.54) is 6.92 Å². The molecule has 0 spiro atoms. The van der Waals surface area contributed by atoms with Crippen LogP contribution in [0.5, 0.6) is 0 Å². The fourth-order valence-corrected chi connectivity index (χ4v) is 1.18. The van der Waals surface area contributed by atoms with Crippen molar-refractivity contribution in [3.63, 3.8) is 0 Å². The summed E-state index contributed by atoms with van der Waals surface area (Å²) >= 11 is 2.82. The summed E-state index contributed by atoms with van der Waals surface area (Å²) in [5.41, 5.74) is 5.04. The summed E-state index contributed by atoms with van der Waals surface area (Å²) in [5.74, 6) is -1.95. The van der Waals surface area contributed by atoms with Crippen molar-refractivity contribution in [3.05, 3.63) is 28.2 Å². The highest BCUT2D eigenvalue weighted by molar-refractivity contribution is 9.10. The topological polar surface area (TPSA) is 55.1 Å². The van der Waals surface area contributed by atoms with Crippen LogP contribution in [0.2, 0.25) is 0 Å². The van der Waals surface area contributed by atoms with Crippen molar-refractivity contribution in [3.8, 4) is 0 Å². The zero-order chi connectivity index (χ0) is 11.6. The SMILES string of the molecule is C[C@H](N)C(=O)Nc1cc(F)c(Br)cc1F. The minimum absolute atomic E-state index is 0.00111. The predicted molar refractivity (Wildman–Crippen MR) is 56.3 cm³/mol. The van der Waals surface area contributed by atoms with Gasteiger partial charge in [-0.2, -0.15) is 0 Å². The number of halogens is 3. The molecule has 0 radical (unpaired) electrons. The van der Waals surface area contributed by atoms with Crippen LogP contribution in [0.3, 0.4) is 0 Å². The summed E-state index contributed by atoms with van der Waals surface area (Å²) < 4.78 is 26.2. The van der Waals surface area contributed by atoms with E-state index in [4.69, 9.17) is 5.73 Å². The predicted octanol–water partition coefficient (Wildman–Crippen LogP) is 2.01. The van der Waals surface area contributed by atoms with E-state index in [0.29, 0.717) is 0 Å². The molecule has 82 valence electrons. The Morgan fingerprint density at radius 2 is 2.07 bits per heavy atom. The molecule has 0 aromatic heterocycles. The molecular weight excluding hydrogens is 270 g/mol. The molecule has 1 amide bonds. The third kappa shape index (κ3) is 2.97. The van der Waals surface area contributed by atoms with Gasteiger partial charge in [-0.3, -0.25) is 4.79 Å². The molecule has 0 fully saturated rings. The first-order valence-corrected chi connectivity index (χ1v) is 4.92. The lowest BCUT2D eigenvalue weighted by Crippen LogP contribution is -2.32. The molecular formula is C9H9BrF2N2O. The summed E-state index contributed by atoms with van der Waals surface area (Å²) in [6, 6.07) is 1.04. The molecule has 0 saturated carbocycles. The highest BCUT2D eigenvalue weighted by Gasteiger charge is 2.13. The van der Waals surface area contributed by atoms with E-state index in [0.717, 1.165) is 12.1 Å². The Morgan fingerprint density at radius 3 is 2.60 bits per heavy atom. The van der Waals surface area contributed by atoms with Crippen LogP contribution in [-0.2, 0) is 4.79 Å². The van der Waals surface area contributed by atoms with Crippen molar-refractivity contribution in [2.24, 2.45) is 5.73 Å². The van der Waals surface area contributed by atoms with E-state index >= 15 is 0 Å². The third-order valence-corrected chi connectivity index (χ3v) is 2.29. The van der Waals surface area contributed by atoms with Gasteiger partial charge in [0, 0.05) is 6.07 Å². The first-order chi connectivity index (χ1) is 6.91. The van der Waals surface area contributed by atoms with Gasteiger partial charge in [-0.05, 0) is 28.9 Å². The van der Waals surface area contributed by atoms with Gasteiger partial charge in [-0.25, -0.2) is 8.78 Å². The number of nitrogens with one attached hydrogen (secondary N) is 1. The molecule has 1 aromatic carbocycles. The summed E-state index contributed by atoms with van der Waals surface area (Å²) in [4.78, 5) is 11.1. The Hall–Kier alpha value is -1.01. The molecule has 0 heterocycles. The summed E-state index contributed by atoms with van der Waals surface area (Å²) in [5, 5.41) is 2.18. The molecule has 0 aliphatic heterocycles. The maximum Gasteiger partial charge on any atom is 0.241 e. The van der Waals surface area contributed by atoms with Crippen LogP contribution in [0, 0.1) is 11.6 Å². The average molecular weight is 279 g/mol. The smallest absolute Gasteiger partial charge is 0.241 e. The van der Waals surface area contributed by atoms with Crippen LogP contribution >= 0.6 is 15.9 Å². The molecule has 0 saturated heterocycles. The van der Waals surface area contributed by atoms with Gasteiger partial charge in [0.15, 0.2) is 0 Å². The van der Waals surface area contributed by atoms with Crippen molar-refractivity contribution < 1.29 is 13.6 Å². The maximum absolute atomic E-state index is 13.2. The number of hydrogen-bond donors (Lipinski definition) is 2.